The van der Waals surface area contributed by atoms with Crippen LogP contribution in [0.25, 0.3) is 0 Å². The molecule has 138 valence electrons. The third-order valence-electron chi connectivity index (χ3n) is 4.57. The third kappa shape index (κ3) is 4.31. The Bertz CT molecular complexity index is 747. The zero-order valence-electron chi connectivity index (χ0n) is 15.2. The van der Waals surface area contributed by atoms with E-state index in [2.05, 4.69) is 0 Å². The summed E-state index contributed by atoms with van der Waals surface area (Å²) in [5.74, 6) is 1.46. The molecule has 0 aliphatic carbocycles. The van der Waals surface area contributed by atoms with Crippen molar-refractivity contribution in [2.45, 2.75) is 38.8 Å². The van der Waals surface area contributed by atoms with Crippen molar-refractivity contribution in [2.24, 2.45) is 0 Å². The molecule has 1 saturated heterocycles. The molecular formula is C21H24ClNO3. The van der Waals surface area contributed by atoms with Crippen LogP contribution >= 0.6 is 11.6 Å². The van der Waals surface area contributed by atoms with Crippen molar-refractivity contribution in [3.05, 3.63) is 59.1 Å². The molecule has 2 aromatic rings. The van der Waals surface area contributed by atoms with E-state index in [1.165, 1.54) is 0 Å². The molecule has 1 aliphatic rings. The van der Waals surface area contributed by atoms with Crippen molar-refractivity contribution in [1.82, 2.24) is 4.90 Å². The molecule has 1 fully saturated rings. The van der Waals surface area contributed by atoms with Crippen LogP contribution in [0.2, 0.25) is 5.02 Å². The zero-order valence-corrected chi connectivity index (χ0v) is 15.9. The minimum absolute atomic E-state index is 0.00126. The van der Waals surface area contributed by atoms with Crippen LogP contribution in [0.1, 0.15) is 38.3 Å². The maximum atomic E-state index is 12.9. The predicted molar refractivity (Wildman–Crippen MR) is 103 cm³/mol. The Labute approximate surface area is 159 Å². The van der Waals surface area contributed by atoms with Gasteiger partial charge in [0.2, 0.25) is 0 Å². The predicted octanol–water partition coefficient (Wildman–Crippen LogP) is 4.87. The van der Waals surface area contributed by atoms with Crippen LogP contribution in [0.3, 0.4) is 0 Å². The molecule has 1 heterocycles. The Morgan fingerprint density at radius 1 is 1.23 bits per heavy atom. The van der Waals surface area contributed by atoms with Gasteiger partial charge in [-0.25, -0.2) is 0 Å². The van der Waals surface area contributed by atoms with E-state index < -0.39 is 6.10 Å². The molecule has 3 rings (SSSR count). The molecule has 0 N–H and O–H groups in total. The monoisotopic (exact) mass is 373 g/mol. The van der Waals surface area contributed by atoms with Crippen LogP contribution in [0.5, 0.6) is 11.5 Å². The highest BCUT2D eigenvalue weighted by Gasteiger charge is 2.33. The summed E-state index contributed by atoms with van der Waals surface area (Å²) in [7, 11) is 0. The van der Waals surface area contributed by atoms with Crippen LogP contribution < -0.4 is 9.47 Å². The number of rotatable bonds is 6. The lowest BCUT2D eigenvalue weighted by Crippen LogP contribution is -2.40. The second kappa shape index (κ2) is 8.45. The molecule has 2 atom stereocenters. The molecule has 0 bridgehead atoms. The van der Waals surface area contributed by atoms with E-state index >= 15 is 0 Å². The van der Waals surface area contributed by atoms with Gasteiger partial charge in [-0.05, 0) is 62.6 Å². The van der Waals surface area contributed by atoms with E-state index in [4.69, 9.17) is 21.1 Å². The first-order valence-corrected chi connectivity index (χ1v) is 9.41. The molecule has 26 heavy (non-hydrogen) atoms. The molecule has 2 aromatic carbocycles. The number of hydrogen-bond acceptors (Lipinski definition) is 3. The van der Waals surface area contributed by atoms with Gasteiger partial charge in [0.05, 0.1) is 12.6 Å². The normalized spacial score (nSPS) is 17.8. The lowest BCUT2D eigenvalue weighted by molar-refractivity contribution is -0.138. The maximum Gasteiger partial charge on any atom is 0.263 e. The fourth-order valence-electron chi connectivity index (χ4n) is 3.36. The SMILES string of the molecule is CCOc1ccc(C2CCCN2C(=O)C(C)Oc2cccc(Cl)c2)cc1. The molecule has 1 amide bonds. The van der Waals surface area contributed by atoms with Crippen LogP contribution in [0.4, 0.5) is 0 Å². The number of likely N-dealkylation sites (tertiary alicyclic amines) is 1. The average molecular weight is 374 g/mol. The number of nitrogens with zero attached hydrogens (tertiary/aromatic N) is 1. The van der Waals surface area contributed by atoms with Gasteiger partial charge in [0.25, 0.3) is 5.91 Å². The Morgan fingerprint density at radius 3 is 2.69 bits per heavy atom. The fraction of sp³-hybridized carbons (Fsp3) is 0.381. The molecular weight excluding hydrogens is 350 g/mol. The van der Waals surface area contributed by atoms with E-state index in [9.17, 15) is 4.79 Å². The molecule has 0 spiro atoms. The van der Waals surface area contributed by atoms with Crippen LogP contribution in [0.15, 0.2) is 48.5 Å². The topological polar surface area (TPSA) is 38.8 Å². The van der Waals surface area contributed by atoms with Gasteiger partial charge in [0.15, 0.2) is 6.10 Å². The number of amides is 1. The van der Waals surface area contributed by atoms with Gasteiger partial charge in [0, 0.05) is 11.6 Å². The van der Waals surface area contributed by atoms with E-state index in [1.807, 2.05) is 48.2 Å². The smallest absolute Gasteiger partial charge is 0.263 e. The number of carbonyl (C=O) groups is 1. The van der Waals surface area contributed by atoms with Gasteiger partial charge >= 0.3 is 0 Å². The number of hydrogen-bond donors (Lipinski definition) is 0. The lowest BCUT2D eigenvalue weighted by Gasteiger charge is -2.28. The first-order chi connectivity index (χ1) is 12.6. The highest BCUT2D eigenvalue weighted by molar-refractivity contribution is 6.30. The number of carbonyl (C=O) groups excluding carboxylic acids is 1. The summed E-state index contributed by atoms with van der Waals surface area (Å²) in [6, 6.07) is 15.2. The molecule has 5 heteroatoms. The maximum absolute atomic E-state index is 12.9. The number of ether oxygens (including phenoxy) is 2. The quantitative estimate of drug-likeness (QED) is 0.725. The van der Waals surface area contributed by atoms with Gasteiger partial charge in [-0.1, -0.05) is 29.8 Å². The molecule has 4 nitrogen and oxygen atoms in total. The van der Waals surface area contributed by atoms with E-state index in [-0.39, 0.29) is 11.9 Å². The van der Waals surface area contributed by atoms with Gasteiger partial charge in [-0.2, -0.15) is 0 Å². The van der Waals surface area contributed by atoms with Gasteiger partial charge in [-0.3, -0.25) is 4.79 Å². The summed E-state index contributed by atoms with van der Waals surface area (Å²) < 4.78 is 11.3. The van der Waals surface area contributed by atoms with E-state index in [0.29, 0.717) is 17.4 Å². The molecule has 0 saturated carbocycles. The molecule has 1 aliphatic heterocycles. The van der Waals surface area contributed by atoms with E-state index in [1.54, 1.807) is 19.1 Å². The Kier molecular flexibility index (Phi) is 6.04. The summed E-state index contributed by atoms with van der Waals surface area (Å²) >= 11 is 5.99. The Hall–Kier alpha value is -2.20. The highest BCUT2D eigenvalue weighted by Crippen LogP contribution is 2.33. The van der Waals surface area contributed by atoms with Crippen molar-refractivity contribution < 1.29 is 14.3 Å². The second-order valence-electron chi connectivity index (χ2n) is 6.41. The zero-order chi connectivity index (χ0) is 18.5. The first kappa shape index (κ1) is 18.6. The first-order valence-electron chi connectivity index (χ1n) is 9.04. The highest BCUT2D eigenvalue weighted by atomic mass is 35.5. The van der Waals surface area contributed by atoms with Crippen LogP contribution in [-0.2, 0) is 4.79 Å². The standard InChI is InChI=1S/C21H24ClNO3/c1-3-25-18-11-9-16(10-12-18)20-8-5-13-23(20)21(24)15(2)26-19-7-4-6-17(22)14-19/h4,6-7,9-12,14-15,20H,3,5,8,13H2,1-2H3. The molecule has 0 aromatic heterocycles. The minimum Gasteiger partial charge on any atom is -0.494 e. The summed E-state index contributed by atoms with van der Waals surface area (Å²) in [6.45, 7) is 5.15. The van der Waals surface area contributed by atoms with Crippen LogP contribution in [-0.4, -0.2) is 30.1 Å². The van der Waals surface area contributed by atoms with E-state index in [0.717, 1.165) is 30.7 Å². The van der Waals surface area contributed by atoms with Crippen LogP contribution in [0, 0.1) is 0 Å². The average Bonchev–Trinajstić information content (AvgIpc) is 3.11. The summed E-state index contributed by atoms with van der Waals surface area (Å²) in [5, 5.41) is 0.593. The van der Waals surface area contributed by atoms with Crippen molar-refractivity contribution >= 4 is 17.5 Å². The third-order valence-corrected chi connectivity index (χ3v) is 4.80. The van der Waals surface area contributed by atoms with Gasteiger partial charge < -0.3 is 14.4 Å². The summed E-state index contributed by atoms with van der Waals surface area (Å²) in [5.41, 5.74) is 1.13. The van der Waals surface area contributed by atoms with Crippen molar-refractivity contribution in [2.75, 3.05) is 13.2 Å². The van der Waals surface area contributed by atoms with Gasteiger partial charge in [0.1, 0.15) is 11.5 Å². The Balaban J connectivity index is 1.69. The second-order valence-corrected chi connectivity index (χ2v) is 6.85. The molecule has 2 unspecified atom stereocenters. The summed E-state index contributed by atoms with van der Waals surface area (Å²) in [4.78, 5) is 14.9. The van der Waals surface area contributed by atoms with Crippen molar-refractivity contribution in [1.29, 1.82) is 0 Å². The minimum atomic E-state index is -0.559. The summed E-state index contributed by atoms with van der Waals surface area (Å²) in [6.07, 6.45) is 1.40. The van der Waals surface area contributed by atoms with Gasteiger partial charge in [-0.15, -0.1) is 0 Å². The number of benzene rings is 2. The van der Waals surface area contributed by atoms with Crippen molar-refractivity contribution in [3.63, 3.8) is 0 Å². The fourth-order valence-corrected chi connectivity index (χ4v) is 3.54. The number of halogens is 1. The lowest BCUT2D eigenvalue weighted by atomic mass is 10.0. The Morgan fingerprint density at radius 2 is 2.00 bits per heavy atom. The molecule has 0 radical (unpaired) electrons. The largest absolute Gasteiger partial charge is 0.494 e. The van der Waals surface area contributed by atoms with Crippen molar-refractivity contribution in [3.8, 4) is 11.5 Å².